The van der Waals surface area contributed by atoms with Gasteiger partial charge in [0.15, 0.2) is 17.5 Å². The predicted octanol–water partition coefficient (Wildman–Crippen LogP) is 2.59. The quantitative estimate of drug-likeness (QED) is 0.559. The number of hydrogen-bond acceptors (Lipinski definition) is 7. The maximum Gasteiger partial charge on any atom is 0.211 e. The molecule has 1 atom stereocenters. The van der Waals surface area contributed by atoms with E-state index in [1.165, 1.54) is 28.2 Å². The number of rotatable bonds is 7. The summed E-state index contributed by atoms with van der Waals surface area (Å²) in [5, 5.41) is 16.9. The second-order valence-electron chi connectivity index (χ2n) is 5.30. The van der Waals surface area contributed by atoms with Crippen LogP contribution in [0.3, 0.4) is 0 Å². The van der Waals surface area contributed by atoms with Crippen LogP contribution in [0.1, 0.15) is 23.5 Å². The van der Waals surface area contributed by atoms with Crippen molar-refractivity contribution in [2.24, 2.45) is 0 Å². The lowest BCUT2D eigenvalue weighted by molar-refractivity contribution is 0.492. The van der Waals surface area contributed by atoms with Gasteiger partial charge in [0.1, 0.15) is 5.01 Å². The van der Waals surface area contributed by atoms with Crippen molar-refractivity contribution < 1.29 is 8.78 Å². The molecule has 132 valence electrons. The van der Waals surface area contributed by atoms with Crippen molar-refractivity contribution in [1.29, 1.82) is 0 Å². The Morgan fingerprint density at radius 1 is 1.24 bits per heavy atom. The summed E-state index contributed by atoms with van der Waals surface area (Å²) in [7, 11) is 1.78. The normalized spacial score (nSPS) is 12.3. The first kappa shape index (κ1) is 17.4. The van der Waals surface area contributed by atoms with Crippen molar-refractivity contribution in [3.05, 3.63) is 52.7 Å². The van der Waals surface area contributed by atoms with Gasteiger partial charge in [-0.2, -0.15) is 5.10 Å². The minimum Gasteiger partial charge on any atom is -0.313 e. The second kappa shape index (κ2) is 7.64. The number of nitrogens with one attached hydrogen (secondary N) is 3. The largest absolute Gasteiger partial charge is 0.313 e. The monoisotopic (exact) mass is 365 g/mol. The number of halogens is 2. The Morgan fingerprint density at radius 3 is 2.88 bits per heavy atom. The van der Waals surface area contributed by atoms with Crippen LogP contribution >= 0.6 is 11.3 Å². The first-order valence-electron chi connectivity index (χ1n) is 7.56. The van der Waals surface area contributed by atoms with Crippen LogP contribution in [0.5, 0.6) is 0 Å². The van der Waals surface area contributed by atoms with Crippen molar-refractivity contribution >= 4 is 22.3 Å². The van der Waals surface area contributed by atoms with E-state index >= 15 is 0 Å². The summed E-state index contributed by atoms with van der Waals surface area (Å²) in [4.78, 5) is 0. The smallest absolute Gasteiger partial charge is 0.211 e. The lowest BCUT2D eigenvalue weighted by Crippen LogP contribution is -2.30. The third-order valence-electron chi connectivity index (χ3n) is 3.41. The third-order valence-corrected chi connectivity index (χ3v) is 4.43. The first-order valence-corrected chi connectivity index (χ1v) is 8.37. The molecule has 3 N–H and O–H groups in total. The molecule has 2 heterocycles. The van der Waals surface area contributed by atoms with Gasteiger partial charge in [0.2, 0.25) is 5.13 Å². The molecule has 0 saturated carbocycles. The molecule has 0 aliphatic rings. The molecule has 0 spiro atoms. The van der Waals surface area contributed by atoms with Gasteiger partial charge in [-0.05, 0) is 20.0 Å². The van der Waals surface area contributed by atoms with Gasteiger partial charge in [-0.3, -0.25) is 10.1 Å². The summed E-state index contributed by atoms with van der Waals surface area (Å²) in [6.45, 7) is 2.10. The van der Waals surface area contributed by atoms with Gasteiger partial charge in [-0.25, -0.2) is 14.2 Å². The molecule has 2 aromatic heterocycles. The maximum absolute atomic E-state index is 13.7. The summed E-state index contributed by atoms with van der Waals surface area (Å²) in [5.41, 5.74) is 6.12. The molecule has 1 aromatic carbocycles. The van der Waals surface area contributed by atoms with Crippen LogP contribution in [0.15, 0.2) is 30.5 Å². The minimum absolute atomic E-state index is 0.0200. The molecule has 0 amide bonds. The van der Waals surface area contributed by atoms with Crippen molar-refractivity contribution in [1.82, 2.24) is 30.8 Å². The highest BCUT2D eigenvalue weighted by Crippen LogP contribution is 2.23. The van der Waals surface area contributed by atoms with E-state index in [1.54, 1.807) is 19.3 Å². The topological polar surface area (TPSA) is 79.7 Å². The van der Waals surface area contributed by atoms with Gasteiger partial charge < -0.3 is 5.32 Å². The molecular weight excluding hydrogens is 348 g/mol. The van der Waals surface area contributed by atoms with Crippen LogP contribution in [-0.4, -0.2) is 27.0 Å². The molecule has 3 rings (SSSR count). The maximum atomic E-state index is 13.7. The number of benzene rings is 1. The molecule has 0 bridgehead atoms. The van der Waals surface area contributed by atoms with Crippen molar-refractivity contribution in [3.8, 4) is 0 Å². The fourth-order valence-corrected chi connectivity index (χ4v) is 2.96. The SMILES string of the molecule is CNNC(C)c1nnc(Nc2ccn(Cc3cccc(F)c3F)n2)s1. The van der Waals surface area contributed by atoms with Crippen LogP contribution in [0.4, 0.5) is 19.7 Å². The Morgan fingerprint density at radius 2 is 2.08 bits per heavy atom. The molecule has 0 aliphatic heterocycles. The number of anilines is 2. The number of hydrogen-bond donors (Lipinski definition) is 3. The minimum atomic E-state index is -0.867. The zero-order valence-electron chi connectivity index (χ0n) is 13.6. The zero-order chi connectivity index (χ0) is 17.8. The molecule has 3 aromatic rings. The van der Waals surface area contributed by atoms with Crippen LogP contribution in [0.2, 0.25) is 0 Å². The number of nitrogens with zero attached hydrogens (tertiary/aromatic N) is 4. The molecule has 10 heteroatoms. The fraction of sp³-hybridized carbons (Fsp3) is 0.267. The number of aromatic nitrogens is 4. The Bertz CT molecular complexity index is 848. The van der Waals surface area contributed by atoms with Crippen LogP contribution in [-0.2, 0) is 6.54 Å². The van der Waals surface area contributed by atoms with E-state index in [2.05, 4.69) is 31.5 Å². The predicted molar refractivity (Wildman–Crippen MR) is 91.5 cm³/mol. The van der Waals surface area contributed by atoms with Crippen molar-refractivity contribution in [3.63, 3.8) is 0 Å². The highest BCUT2D eigenvalue weighted by Gasteiger charge is 2.12. The van der Waals surface area contributed by atoms with Gasteiger partial charge >= 0.3 is 0 Å². The number of hydrazine groups is 1. The molecule has 0 fully saturated rings. The Hall–Kier alpha value is -2.43. The van der Waals surface area contributed by atoms with E-state index in [0.29, 0.717) is 10.9 Å². The zero-order valence-corrected chi connectivity index (χ0v) is 14.4. The lowest BCUT2D eigenvalue weighted by Gasteiger charge is -2.07. The average molecular weight is 365 g/mol. The van der Waals surface area contributed by atoms with E-state index in [1.807, 2.05) is 6.92 Å². The third kappa shape index (κ3) is 4.16. The van der Waals surface area contributed by atoms with Gasteiger partial charge in [0.25, 0.3) is 0 Å². The Labute approximate surface area is 147 Å². The first-order chi connectivity index (χ1) is 12.1. The van der Waals surface area contributed by atoms with E-state index in [0.717, 1.165) is 11.1 Å². The highest BCUT2D eigenvalue weighted by atomic mass is 32.1. The molecule has 1 unspecified atom stereocenters. The molecule has 0 aliphatic carbocycles. The molecule has 7 nitrogen and oxygen atoms in total. The summed E-state index contributed by atoms with van der Waals surface area (Å²) in [6, 6.07) is 5.84. The van der Waals surface area contributed by atoms with Crippen LogP contribution < -0.4 is 16.2 Å². The Kier molecular flexibility index (Phi) is 5.31. The van der Waals surface area contributed by atoms with Gasteiger partial charge in [-0.15, -0.1) is 10.2 Å². The van der Waals surface area contributed by atoms with E-state index < -0.39 is 11.6 Å². The summed E-state index contributed by atoms with van der Waals surface area (Å²) in [6.07, 6.45) is 1.68. The summed E-state index contributed by atoms with van der Waals surface area (Å²) < 4.78 is 28.5. The van der Waals surface area contributed by atoms with Crippen molar-refractivity contribution in [2.45, 2.75) is 19.5 Å². The van der Waals surface area contributed by atoms with Gasteiger partial charge in [0, 0.05) is 17.8 Å². The summed E-state index contributed by atoms with van der Waals surface area (Å²) >= 11 is 1.40. The second-order valence-corrected chi connectivity index (χ2v) is 6.31. The standard InChI is InChI=1S/C15H17F2N7S/c1-9(20-18-2)14-21-22-15(25-14)19-12-6-7-24(23-12)8-10-4-3-5-11(16)13(10)17/h3-7,9,18,20H,8H2,1-2H3,(H,19,22,23). The van der Waals surface area contributed by atoms with Gasteiger partial charge in [-0.1, -0.05) is 23.5 Å². The molecule has 0 saturated heterocycles. The lowest BCUT2D eigenvalue weighted by atomic mass is 10.2. The van der Waals surface area contributed by atoms with E-state index in [9.17, 15) is 8.78 Å². The van der Waals surface area contributed by atoms with Crippen molar-refractivity contribution in [2.75, 3.05) is 12.4 Å². The van der Waals surface area contributed by atoms with Crippen LogP contribution in [0, 0.1) is 11.6 Å². The highest BCUT2D eigenvalue weighted by molar-refractivity contribution is 7.15. The average Bonchev–Trinajstić information content (AvgIpc) is 3.22. The van der Waals surface area contributed by atoms with Crippen LogP contribution in [0.25, 0.3) is 0 Å². The van der Waals surface area contributed by atoms with E-state index in [4.69, 9.17) is 0 Å². The molecular formula is C15H17F2N7S. The summed E-state index contributed by atoms with van der Waals surface area (Å²) in [5.74, 6) is -1.17. The molecule has 0 radical (unpaired) electrons. The molecule has 25 heavy (non-hydrogen) atoms. The van der Waals surface area contributed by atoms with E-state index in [-0.39, 0.29) is 18.2 Å². The Balaban J connectivity index is 1.67. The fourth-order valence-electron chi connectivity index (χ4n) is 2.21. The van der Waals surface area contributed by atoms with Gasteiger partial charge in [0.05, 0.1) is 12.6 Å².